The monoisotopic (exact) mass is 459 g/mol. The quantitative estimate of drug-likeness (QED) is 0.373. The van der Waals surface area contributed by atoms with E-state index in [1.165, 1.54) is 12.8 Å². The van der Waals surface area contributed by atoms with Crippen LogP contribution in [-0.4, -0.2) is 37.4 Å². The third-order valence-electron chi connectivity index (χ3n) is 4.56. The van der Waals surface area contributed by atoms with Gasteiger partial charge in [-0.05, 0) is 50.3 Å². The van der Waals surface area contributed by atoms with Crippen molar-refractivity contribution in [1.29, 1.82) is 0 Å². The summed E-state index contributed by atoms with van der Waals surface area (Å²) in [5, 5.41) is 6.89. The average Bonchev–Trinajstić information content (AvgIpc) is 3.21. The normalized spacial score (nSPS) is 24.7. The molecule has 3 atom stereocenters. The van der Waals surface area contributed by atoms with Crippen LogP contribution in [0.25, 0.3) is 0 Å². The molecule has 2 heterocycles. The van der Waals surface area contributed by atoms with Gasteiger partial charge in [-0.3, -0.25) is 0 Å². The number of ether oxygens (including phenoxy) is 2. The van der Waals surface area contributed by atoms with E-state index in [2.05, 4.69) is 36.6 Å². The van der Waals surface area contributed by atoms with E-state index in [4.69, 9.17) is 14.5 Å². The highest BCUT2D eigenvalue weighted by Gasteiger charge is 2.41. The fourth-order valence-electron chi connectivity index (χ4n) is 3.41. The number of benzene rings is 1. The summed E-state index contributed by atoms with van der Waals surface area (Å²) < 4.78 is 11.6. The van der Waals surface area contributed by atoms with Gasteiger partial charge in [0.15, 0.2) is 5.96 Å². The van der Waals surface area contributed by atoms with Crippen molar-refractivity contribution < 1.29 is 9.47 Å². The fourth-order valence-corrected chi connectivity index (χ4v) is 3.41. The molecule has 2 N–H and O–H groups in total. The third kappa shape index (κ3) is 5.74. The van der Waals surface area contributed by atoms with Gasteiger partial charge in [0.25, 0.3) is 0 Å². The first-order valence-corrected chi connectivity index (χ1v) is 9.20. The minimum Gasteiger partial charge on any atom is -0.494 e. The molecule has 3 unspecified atom stereocenters. The zero-order chi connectivity index (χ0) is 16.8. The maximum Gasteiger partial charge on any atom is 0.191 e. The van der Waals surface area contributed by atoms with Gasteiger partial charge in [-0.15, -0.1) is 24.0 Å². The molecule has 6 heteroatoms. The van der Waals surface area contributed by atoms with Gasteiger partial charge in [-0.1, -0.05) is 19.1 Å². The van der Waals surface area contributed by atoms with Crippen molar-refractivity contribution in [2.75, 3.05) is 13.2 Å². The lowest BCUT2D eigenvalue weighted by molar-refractivity contribution is 0.0992. The van der Waals surface area contributed by atoms with Gasteiger partial charge < -0.3 is 20.1 Å². The molecule has 2 aliphatic heterocycles. The Morgan fingerprint density at radius 1 is 1.32 bits per heavy atom. The molecule has 0 saturated carbocycles. The summed E-state index contributed by atoms with van der Waals surface area (Å²) in [6.45, 7) is 6.45. The highest BCUT2D eigenvalue weighted by atomic mass is 127. The van der Waals surface area contributed by atoms with Gasteiger partial charge in [0.2, 0.25) is 0 Å². The summed E-state index contributed by atoms with van der Waals surface area (Å²) in [4.78, 5) is 4.74. The molecule has 1 aromatic carbocycles. The van der Waals surface area contributed by atoms with E-state index in [-0.39, 0.29) is 24.0 Å². The van der Waals surface area contributed by atoms with E-state index >= 15 is 0 Å². The zero-order valence-corrected chi connectivity index (χ0v) is 17.5. The van der Waals surface area contributed by atoms with Gasteiger partial charge in [0.1, 0.15) is 5.75 Å². The number of rotatable bonds is 7. The smallest absolute Gasteiger partial charge is 0.191 e. The Morgan fingerprint density at radius 2 is 2.20 bits per heavy atom. The molecular weight excluding hydrogens is 429 g/mol. The molecule has 2 bridgehead atoms. The Bertz CT molecular complexity index is 567. The summed E-state index contributed by atoms with van der Waals surface area (Å²) >= 11 is 0. The van der Waals surface area contributed by atoms with Crippen molar-refractivity contribution in [3.05, 3.63) is 29.8 Å². The zero-order valence-electron chi connectivity index (χ0n) is 15.2. The van der Waals surface area contributed by atoms with Crippen molar-refractivity contribution in [3.8, 4) is 5.75 Å². The van der Waals surface area contributed by atoms with Crippen LogP contribution in [0.15, 0.2) is 29.3 Å². The van der Waals surface area contributed by atoms with E-state index < -0.39 is 0 Å². The SMILES string of the molecule is CCCOc1cccc(CN=C(NCC)NC2CC3CCC2O3)c1.I. The lowest BCUT2D eigenvalue weighted by Crippen LogP contribution is -2.47. The molecule has 0 spiro atoms. The van der Waals surface area contributed by atoms with Crippen molar-refractivity contribution in [2.24, 2.45) is 4.99 Å². The van der Waals surface area contributed by atoms with Crippen LogP contribution in [0, 0.1) is 0 Å². The summed E-state index contributed by atoms with van der Waals surface area (Å²) in [5.74, 6) is 1.79. The minimum atomic E-state index is 0. The number of fused-ring (bicyclic) bond motifs is 2. The molecule has 5 nitrogen and oxygen atoms in total. The number of nitrogens with one attached hydrogen (secondary N) is 2. The average molecular weight is 459 g/mol. The van der Waals surface area contributed by atoms with Crippen LogP contribution in [-0.2, 0) is 11.3 Å². The third-order valence-corrected chi connectivity index (χ3v) is 4.56. The van der Waals surface area contributed by atoms with E-state index in [0.29, 0.717) is 24.8 Å². The first kappa shape index (κ1) is 20.3. The second kappa shape index (κ2) is 10.2. The first-order chi connectivity index (χ1) is 11.8. The molecule has 0 radical (unpaired) electrons. The number of halogens is 1. The fraction of sp³-hybridized carbons (Fsp3) is 0.632. The molecule has 1 aromatic rings. The van der Waals surface area contributed by atoms with Crippen molar-refractivity contribution in [1.82, 2.24) is 10.6 Å². The summed E-state index contributed by atoms with van der Waals surface area (Å²) in [5.41, 5.74) is 1.16. The number of hydrogen-bond donors (Lipinski definition) is 2. The topological polar surface area (TPSA) is 54.9 Å². The Hall–Kier alpha value is -1.02. The van der Waals surface area contributed by atoms with E-state index in [1.807, 2.05) is 12.1 Å². The lowest BCUT2D eigenvalue weighted by Gasteiger charge is -2.22. The molecule has 2 fully saturated rings. The molecule has 2 aliphatic rings. The van der Waals surface area contributed by atoms with Crippen molar-refractivity contribution in [2.45, 2.75) is 64.3 Å². The van der Waals surface area contributed by atoms with Gasteiger partial charge >= 0.3 is 0 Å². The van der Waals surface area contributed by atoms with Gasteiger partial charge in [-0.25, -0.2) is 4.99 Å². The Labute approximate surface area is 168 Å². The van der Waals surface area contributed by atoms with Crippen LogP contribution in [0.5, 0.6) is 5.75 Å². The molecular formula is C19H30IN3O2. The van der Waals surface area contributed by atoms with Crippen LogP contribution in [0.1, 0.15) is 45.1 Å². The van der Waals surface area contributed by atoms with Gasteiger partial charge in [0, 0.05) is 6.54 Å². The van der Waals surface area contributed by atoms with E-state index in [9.17, 15) is 0 Å². The first-order valence-electron chi connectivity index (χ1n) is 9.20. The number of guanidine groups is 1. The van der Waals surface area contributed by atoms with Gasteiger partial charge in [-0.2, -0.15) is 0 Å². The standard InChI is InChI=1S/C19H29N3O2.HI/c1-3-10-23-15-7-5-6-14(11-15)13-21-19(20-4-2)22-17-12-16-8-9-18(17)24-16;/h5-7,11,16-18H,3-4,8-10,12-13H2,1-2H3,(H2,20,21,22);1H. The number of nitrogens with zero attached hydrogens (tertiary/aromatic N) is 1. The van der Waals surface area contributed by atoms with Crippen LogP contribution < -0.4 is 15.4 Å². The summed E-state index contributed by atoms with van der Waals surface area (Å²) in [7, 11) is 0. The molecule has 0 aromatic heterocycles. The molecule has 0 amide bonds. The Kier molecular flexibility index (Phi) is 8.29. The van der Waals surface area contributed by atoms with Crippen molar-refractivity contribution >= 4 is 29.9 Å². The maximum absolute atomic E-state index is 5.92. The molecule has 25 heavy (non-hydrogen) atoms. The number of hydrogen-bond acceptors (Lipinski definition) is 3. The highest BCUT2D eigenvalue weighted by Crippen LogP contribution is 2.34. The second-order valence-electron chi connectivity index (χ2n) is 6.55. The van der Waals surface area contributed by atoms with Crippen LogP contribution in [0.3, 0.4) is 0 Å². The van der Waals surface area contributed by atoms with Crippen LogP contribution in [0.2, 0.25) is 0 Å². The predicted molar refractivity (Wildman–Crippen MR) is 112 cm³/mol. The molecule has 3 rings (SSSR count). The van der Waals surface area contributed by atoms with Gasteiger partial charge in [0.05, 0.1) is 31.4 Å². The molecule has 0 aliphatic carbocycles. The maximum atomic E-state index is 5.92. The second-order valence-corrected chi connectivity index (χ2v) is 6.55. The number of aliphatic imine (C=N–C) groups is 1. The highest BCUT2D eigenvalue weighted by molar-refractivity contribution is 14.0. The van der Waals surface area contributed by atoms with Crippen LogP contribution in [0.4, 0.5) is 0 Å². The lowest BCUT2D eigenvalue weighted by atomic mass is 9.96. The van der Waals surface area contributed by atoms with E-state index in [0.717, 1.165) is 43.3 Å². The van der Waals surface area contributed by atoms with E-state index in [1.54, 1.807) is 0 Å². The Morgan fingerprint density at radius 3 is 2.88 bits per heavy atom. The van der Waals surface area contributed by atoms with Crippen LogP contribution >= 0.6 is 24.0 Å². The molecule has 140 valence electrons. The molecule has 2 saturated heterocycles. The largest absolute Gasteiger partial charge is 0.494 e. The summed E-state index contributed by atoms with van der Waals surface area (Å²) in [6.07, 6.45) is 5.28. The summed E-state index contributed by atoms with van der Waals surface area (Å²) in [6, 6.07) is 8.58. The van der Waals surface area contributed by atoms with Crippen molar-refractivity contribution in [3.63, 3.8) is 0 Å². The Balaban J connectivity index is 0.00000225. The predicted octanol–water partition coefficient (Wildman–Crippen LogP) is 3.47. The minimum absolute atomic E-state index is 0.